The number of ether oxygens (including phenoxy) is 2. The van der Waals surface area contributed by atoms with Crippen LogP contribution in [-0.2, 0) is 14.1 Å². The maximum atomic E-state index is 12.5. The van der Waals surface area contributed by atoms with E-state index in [1.807, 2.05) is 0 Å². The number of hydrogen-bond acceptors (Lipinski definition) is 4. The van der Waals surface area contributed by atoms with Crippen molar-refractivity contribution in [3.8, 4) is 5.75 Å². The average Bonchev–Trinajstić information content (AvgIpc) is 2.46. The van der Waals surface area contributed by atoms with Gasteiger partial charge in [0.15, 0.2) is 5.12 Å². The van der Waals surface area contributed by atoms with Crippen LogP contribution in [0, 0.1) is 0 Å². The minimum absolute atomic E-state index is 0.287. The number of esters is 1. The summed E-state index contributed by atoms with van der Waals surface area (Å²) in [7, 11) is -2.54. The summed E-state index contributed by atoms with van der Waals surface area (Å²) in [5, 5.41) is -0.687. The van der Waals surface area contributed by atoms with Crippen LogP contribution in [0.3, 0.4) is 0 Å². The first kappa shape index (κ1) is 18.1. The van der Waals surface area contributed by atoms with E-state index in [0.717, 1.165) is 12.8 Å². The second-order valence-corrected chi connectivity index (χ2v) is 7.56. The van der Waals surface area contributed by atoms with Crippen molar-refractivity contribution in [2.45, 2.75) is 44.8 Å². The van der Waals surface area contributed by atoms with Gasteiger partial charge in [-0.2, -0.15) is 0 Å². The van der Waals surface area contributed by atoms with Gasteiger partial charge in [0.05, 0.1) is 18.0 Å². The van der Waals surface area contributed by atoms with Crippen molar-refractivity contribution in [3.63, 3.8) is 0 Å². The van der Waals surface area contributed by atoms with Crippen molar-refractivity contribution < 1.29 is 18.8 Å². The molecular weight excluding hydrogens is 311 g/mol. The van der Waals surface area contributed by atoms with Crippen LogP contribution in [0.15, 0.2) is 24.3 Å². The summed E-state index contributed by atoms with van der Waals surface area (Å²) in [5.74, 6) is -0.128. The molecule has 2 unspecified atom stereocenters. The highest BCUT2D eigenvalue weighted by Crippen LogP contribution is 2.35. The first-order valence-corrected chi connectivity index (χ1v) is 9.00. The molecule has 1 aromatic rings. The Balaban J connectivity index is 2.83. The van der Waals surface area contributed by atoms with Gasteiger partial charge < -0.3 is 14.0 Å². The summed E-state index contributed by atoms with van der Waals surface area (Å²) in [5.41, 5.74) is 0. The highest BCUT2D eigenvalue weighted by Gasteiger charge is 2.27. The lowest BCUT2D eigenvalue weighted by molar-refractivity contribution is -0.145. The second kappa shape index (κ2) is 9.11. The van der Waals surface area contributed by atoms with Crippen LogP contribution in [0.5, 0.6) is 5.75 Å². The quantitative estimate of drug-likeness (QED) is 0.316. The molecule has 0 fully saturated rings. The van der Waals surface area contributed by atoms with E-state index in [4.69, 9.17) is 21.1 Å². The fourth-order valence-corrected chi connectivity index (χ4v) is 3.28. The lowest BCUT2D eigenvalue weighted by Crippen LogP contribution is -2.22. The molecule has 1 rings (SSSR count). The molecule has 0 aromatic heterocycles. The van der Waals surface area contributed by atoms with Crippen LogP contribution in [-0.4, -0.2) is 23.8 Å². The fraction of sp³-hybridized carbons (Fsp3) is 0.533. The van der Waals surface area contributed by atoms with Crippen LogP contribution >= 0.6 is 19.4 Å². The highest BCUT2D eigenvalue weighted by atomic mass is 35.5. The summed E-state index contributed by atoms with van der Waals surface area (Å²) in [6.45, 7) is 6.06. The maximum absolute atomic E-state index is 12.5. The van der Waals surface area contributed by atoms with E-state index in [1.54, 1.807) is 38.1 Å². The predicted molar refractivity (Wildman–Crippen MR) is 86.3 cm³/mol. The Morgan fingerprint density at radius 1 is 1.33 bits per heavy atom. The zero-order valence-electron chi connectivity index (χ0n) is 12.6. The molecule has 0 spiro atoms. The summed E-state index contributed by atoms with van der Waals surface area (Å²) in [6.07, 6.45) is 1.63. The second-order valence-electron chi connectivity index (χ2n) is 4.91. The number of benzene rings is 1. The van der Waals surface area contributed by atoms with Crippen LogP contribution < -0.4 is 10.0 Å². The van der Waals surface area contributed by atoms with Crippen molar-refractivity contribution in [1.29, 1.82) is 0 Å². The molecule has 4 nitrogen and oxygen atoms in total. The van der Waals surface area contributed by atoms with E-state index < -0.39 is 18.9 Å². The molecule has 2 atom stereocenters. The maximum Gasteiger partial charge on any atom is 0.332 e. The van der Waals surface area contributed by atoms with Crippen molar-refractivity contribution in [2.24, 2.45) is 0 Å². The normalized spacial score (nSPS) is 13.8. The van der Waals surface area contributed by atoms with E-state index in [2.05, 4.69) is 6.92 Å². The molecule has 0 saturated carbocycles. The van der Waals surface area contributed by atoms with Gasteiger partial charge in [-0.3, -0.25) is 0 Å². The van der Waals surface area contributed by atoms with E-state index in [-0.39, 0.29) is 6.10 Å². The Kier molecular flexibility index (Phi) is 7.84. The average molecular weight is 333 g/mol. The molecule has 0 radical (unpaired) electrons. The Labute approximate surface area is 131 Å². The van der Waals surface area contributed by atoms with Crippen LogP contribution in [0.2, 0.25) is 0 Å². The predicted octanol–water partition coefficient (Wildman–Crippen LogP) is 3.57. The smallest absolute Gasteiger partial charge is 0.332 e. The standard InChI is InChI=1S/C15H22ClO4P/c1-4-5-10-19-12-8-6-7-9-13(12)21(18)14(16)15(17)20-11(2)3/h6-9,11,14,21H,4-5,10H2,1-3H3. The van der Waals surface area contributed by atoms with Gasteiger partial charge in [0.1, 0.15) is 13.6 Å². The number of carbonyl (C=O) groups excluding carboxylic acids is 1. The summed E-state index contributed by atoms with van der Waals surface area (Å²) in [6, 6.07) is 6.98. The van der Waals surface area contributed by atoms with Crippen molar-refractivity contribution in [1.82, 2.24) is 0 Å². The molecule has 0 aliphatic heterocycles. The fourth-order valence-electron chi connectivity index (χ4n) is 1.66. The van der Waals surface area contributed by atoms with Crippen LogP contribution in [0.25, 0.3) is 0 Å². The van der Waals surface area contributed by atoms with Gasteiger partial charge in [-0.1, -0.05) is 25.5 Å². The molecule has 6 heteroatoms. The number of hydrogen-bond donors (Lipinski definition) is 0. The van der Waals surface area contributed by atoms with Gasteiger partial charge in [0.2, 0.25) is 0 Å². The molecule has 0 N–H and O–H groups in total. The number of para-hydroxylation sites is 1. The molecular formula is C15H22ClO4P. The molecule has 0 aliphatic rings. The molecule has 0 bridgehead atoms. The zero-order valence-corrected chi connectivity index (χ0v) is 14.4. The lowest BCUT2D eigenvalue weighted by atomic mass is 10.3. The van der Waals surface area contributed by atoms with Gasteiger partial charge in [-0.05, 0) is 32.4 Å². The highest BCUT2D eigenvalue weighted by molar-refractivity contribution is 7.57. The van der Waals surface area contributed by atoms with Gasteiger partial charge in [0, 0.05) is 0 Å². The van der Waals surface area contributed by atoms with Crippen molar-refractivity contribution >= 4 is 30.7 Å². The Morgan fingerprint density at radius 2 is 2.00 bits per heavy atom. The number of halogens is 1. The number of unbranched alkanes of at least 4 members (excludes halogenated alkanes) is 1. The third kappa shape index (κ3) is 5.72. The van der Waals surface area contributed by atoms with Crippen molar-refractivity contribution in [2.75, 3.05) is 6.61 Å². The number of carbonyl (C=O) groups is 1. The van der Waals surface area contributed by atoms with Crippen molar-refractivity contribution in [3.05, 3.63) is 24.3 Å². The third-order valence-corrected chi connectivity index (χ3v) is 5.11. The lowest BCUT2D eigenvalue weighted by Gasteiger charge is -2.15. The molecule has 0 heterocycles. The Morgan fingerprint density at radius 3 is 2.62 bits per heavy atom. The largest absolute Gasteiger partial charge is 0.493 e. The first-order valence-electron chi connectivity index (χ1n) is 7.08. The number of alkyl halides is 1. The van der Waals surface area contributed by atoms with Gasteiger partial charge in [0.25, 0.3) is 0 Å². The van der Waals surface area contributed by atoms with E-state index in [9.17, 15) is 9.36 Å². The number of rotatable bonds is 8. The van der Waals surface area contributed by atoms with Crippen LogP contribution in [0.1, 0.15) is 33.6 Å². The van der Waals surface area contributed by atoms with E-state index in [0.29, 0.717) is 17.7 Å². The zero-order chi connectivity index (χ0) is 15.8. The molecule has 21 heavy (non-hydrogen) atoms. The third-order valence-electron chi connectivity index (χ3n) is 2.70. The summed E-state index contributed by atoms with van der Waals surface area (Å²) >= 11 is 6.00. The SMILES string of the molecule is CCCCOc1ccccc1[PH](=O)C(Cl)C(=O)OC(C)C. The molecule has 0 amide bonds. The molecule has 118 valence electrons. The minimum Gasteiger partial charge on any atom is -0.493 e. The van der Waals surface area contributed by atoms with E-state index >= 15 is 0 Å². The topological polar surface area (TPSA) is 52.6 Å². The summed E-state index contributed by atoms with van der Waals surface area (Å²) in [4.78, 5) is 11.8. The Hall–Kier alpha value is -0.990. The minimum atomic E-state index is -2.54. The Bertz CT molecular complexity index is 490. The van der Waals surface area contributed by atoms with Crippen LogP contribution in [0.4, 0.5) is 0 Å². The van der Waals surface area contributed by atoms with Gasteiger partial charge >= 0.3 is 5.97 Å². The molecule has 0 saturated heterocycles. The van der Waals surface area contributed by atoms with Gasteiger partial charge in [-0.25, -0.2) is 4.79 Å². The monoisotopic (exact) mass is 332 g/mol. The molecule has 1 aromatic carbocycles. The molecule has 0 aliphatic carbocycles. The van der Waals surface area contributed by atoms with E-state index in [1.165, 1.54) is 0 Å². The summed E-state index contributed by atoms with van der Waals surface area (Å²) < 4.78 is 23.1. The first-order chi connectivity index (χ1) is 9.97. The van der Waals surface area contributed by atoms with Gasteiger partial charge in [-0.15, -0.1) is 11.6 Å².